The maximum Gasteiger partial charge on any atom is 0.128 e. The van der Waals surface area contributed by atoms with E-state index in [0.717, 1.165) is 35.9 Å². The minimum atomic E-state index is -0.427. The van der Waals surface area contributed by atoms with Gasteiger partial charge in [-0.1, -0.05) is 19.1 Å². The number of ether oxygens (including phenoxy) is 1. The zero-order valence-corrected chi connectivity index (χ0v) is 12.7. The summed E-state index contributed by atoms with van der Waals surface area (Å²) in [6.45, 7) is 9.21. The van der Waals surface area contributed by atoms with Crippen LogP contribution in [0.4, 0.5) is 0 Å². The van der Waals surface area contributed by atoms with Gasteiger partial charge in [0.2, 0.25) is 0 Å². The molecular weight excluding hydrogens is 250 g/mol. The average Bonchev–Trinajstić information content (AvgIpc) is 2.43. The standard InChI is InChI=1S/C17H25NO2/c1-11-5-4-8-18(9-11)15-10-20-17-13(3)12(2)6-7-14(17)16(15)19/h6-7,11,15-16,19H,4-5,8-10H2,1-3H3. The number of nitrogens with zero attached hydrogens (tertiary/aromatic N) is 1. The second kappa shape index (κ2) is 5.38. The SMILES string of the molecule is Cc1ccc2c(c1C)OCC(N1CCCC(C)C1)C2O. The molecule has 0 amide bonds. The molecule has 2 heterocycles. The number of likely N-dealkylation sites (tertiary alicyclic amines) is 1. The highest BCUT2D eigenvalue weighted by Crippen LogP contribution is 2.38. The van der Waals surface area contributed by atoms with E-state index in [1.54, 1.807) is 0 Å². The molecule has 3 heteroatoms. The number of aliphatic hydroxyl groups is 1. The van der Waals surface area contributed by atoms with Gasteiger partial charge in [-0.05, 0) is 50.3 Å². The predicted molar refractivity (Wildman–Crippen MR) is 80.1 cm³/mol. The van der Waals surface area contributed by atoms with Gasteiger partial charge >= 0.3 is 0 Å². The summed E-state index contributed by atoms with van der Waals surface area (Å²) in [7, 11) is 0. The molecule has 1 saturated heterocycles. The molecule has 110 valence electrons. The molecule has 0 bridgehead atoms. The lowest BCUT2D eigenvalue weighted by Gasteiger charge is -2.42. The third-order valence-electron chi connectivity index (χ3n) is 4.95. The summed E-state index contributed by atoms with van der Waals surface area (Å²) in [6, 6.07) is 4.22. The maximum atomic E-state index is 10.8. The zero-order chi connectivity index (χ0) is 14.3. The average molecular weight is 275 g/mol. The third kappa shape index (κ3) is 2.33. The van der Waals surface area contributed by atoms with Crippen LogP contribution in [-0.2, 0) is 0 Å². The molecule has 2 aliphatic rings. The van der Waals surface area contributed by atoms with Crippen molar-refractivity contribution in [3.63, 3.8) is 0 Å². The molecule has 2 aliphatic heterocycles. The second-order valence-corrected chi connectivity index (χ2v) is 6.49. The van der Waals surface area contributed by atoms with Gasteiger partial charge in [-0.3, -0.25) is 4.90 Å². The van der Waals surface area contributed by atoms with E-state index in [-0.39, 0.29) is 6.04 Å². The first-order valence-electron chi connectivity index (χ1n) is 7.73. The highest BCUT2D eigenvalue weighted by molar-refractivity contribution is 5.48. The van der Waals surface area contributed by atoms with Gasteiger partial charge in [0.25, 0.3) is 0 Å². The lowest BCUT2D eigenvalue weighted by molar-refractivity contribution is -0.0129. The van der Waals surface area contributed by atoms with E-state index < -0.39 is 6.10 Å². The largest absolute Gasteiger partial charge is 0.491 e. The van der Waals surface area contributed by atoms with Crippen molar-refractivity contribution in [1.82, 2.24) is 4.90 Å². The van der Waals surface area contributed by atoms with Gasteiger partial charge in [0.1, 0.15) is 18.5 Å². The molecular formula is C17H25NO2. The number of piperidine rings is 1. The van der Waals surface area contributed by atoms with Crippen LogP contribution in [0.1, 0.15) is 42.6 Å². The Morgan fingerprint density at radius 3 is 2.85 bits per heavy atom. The molecule has 3 nitrogen and oxygen atoms in total. The Bertz CT molecular complexity index is 500. The summed E-state index contributed by atoms with van der Waals surface area (Å²) in [5.41, 5.74) is 3.34. The summed E-state index contributed by atoms with van der Waals surface area (Å²) in [6.07, 6.45) is 2.10. The van der Waals surface area contributed by atoms with E-state index in [2.05, 4.69) is 31.7 Å². The Morgan fingerprint density at radius 1 is 1.30 bits per heavy atom. The first-order valence-corrected chi connectivity index (χ1v) is 7.73. The van der Waals surface area contributed by atoms with Crippen LogP contribution in [0.5, 0.6) is 5.75 Å². The fourth-order valence-corrected chi connectivity index (χ4v) is 3.53. The summed E-state index contributed by atoms with van der Waals surface area (Å²) in [4.78, 5) is 2.41. The van der Waals surface area contributed by atoms with Gasteiger partial charge in [-0.15, -0.1) is 0 Å². The minimum Gasteiger partial charge on any atom is -0.491 e. The summed E-state index contributed by atoms with van der Waals surface area (Å²) in [5.74, 6) is 1.62. The van der Waals surface area contributed by atoms with Crippen molar-refractivity contribution in [2.24, 2.45) is 5.92 Å². The van der Waals surface area contributed by atoms with Crippen molar-refractivity contribution in [2.45, 2.75) is 45.8 Å². The molecule has 0 aromatic heterocycles. The van der Waals surface area contributed by atoms with Gasteiger partial charge in [0.05, 0.1) is 6.04 Å². The molecule has 0 spiro atoms. The van der Waals surface area contributed by atoms with Crippen molar-refractivity contribution in [1.29, 1.82) is 0 Å². The van der Waals surface area contributed by atoms with Crippen LogP contribution >= 0.6 is 0 Å². The number of hydrogen-bond donors (Lipinski definition) is 1. The number of benzene rings is 1. The monoisotopic (exact) mass is 275 g/mol. The van der Waals surface area contributed by atoms with Crippen molar-refractivity contribution in [2.75, 3.05) is 19.7 Å². The van der Waals surface area contributed by atoms with Crippen molar-refractivity contribution < 1.29 is 9.84 Å². The van der Waals surface area contributed by atoms with Crippen LogP contribution in [0.15, 0.2) is 12.1 Å². The summed E-state index contributed by atoms with van der Waals surface area (Å²) >= 11 is 0. The van der Waals surface area contributed by atoms with Gasteiger partial charge in [0.15, 0.2) is 0 Å². The Labute approximate surface area is 121 Å². The second-order valence-electron chi connectivity index (χ2n) is 6.49. The number of rotatable bonds is 1. The van der Waals surface area contributed by atoms with E-state index in [1.165, 1.54) is 18.4 Å². The van der Waals surface area contributed by atoms with E-state index in [9.17, 15) is 5.11 Å². The highest BCUT2D eigenvalue weighted by Gasteiger charge is 2.36. The number of aryl methyl sites for hydroxylation is 1. The van der Waals surface area contributed by atoms with Crippen LogP contribution < -0.4 is 4.74 Å². The molecule has 0 aliphatic carbocycles. The number of aliphatic hydroxyl groups excluding tert-OH is 1. The van der Waals surface area contributed by atoms with E-state index in [1.807, 2.05) is 6.07 Å². The normalized spacial score (nSPS) is 30.7. The maximum absolute atomic E-state index is 10.8. The quantitative estimate of drug-likeness (QED) is 0.855. The van der Waals surface area contributed by atoms with E-state index in [4.69, 9.17) is 4.74 Å². The molecule has 1 fully saturated rings. The van der Waals surface area contributed by atoms with Crippen molar-refractivity contribution in [3.8, 4) is 5.75 Å². The lowest BCUT2D eigenvalue weighted by Crippen LogP contribution is -2.49. The molecule has 1 aromatic rings. The molecule has 3 atom stereocenters. The van der Waals surface area contributed by atoms with Crippen molar-refractivity contribution >= 4 is 0 Å². The molecule has 1 N–H and O–H groups in total. The molecule has 3 rings (SSSR count). The van der Waals surface area contributed by atoms with Crippen molar-refractivity contribution in [3.05, 3.63) is 28.8 Å². The fourth-order valence-electron chi connectivity index (χ4n) is 3.53. The summed E-state index contributed by atoms with van der Waals surface area (Å²) in [5, 5.41) is 10.8. The third-order valence-corrected chi connectivity index (χ3v) is 4.95. The molecule has 3 unspecified atom stereocenters. The first kappa shape index (κ1) is 13.9. The van der Waals surface area contributed by atoms with Crippen LogP contribution in [0.2, 0.25) is 0 Å². The molecule has 0 radical (unpaired) electrons. The summed E-state index contributed by atoms with van der Waals surface area (Å²) < 4.78 is 6.00. The molecule has 1 aromatic carbocycles. The smallest absolute Gasteiger partial charge is 0.128 e. The number of fused-ring (bicyclic) bond motifs is 1. The Morgan fingerprint density at radius 2 is 2.10 bits per heavy atom. The Balaban J connectivity index is 1.85. The van der Waals surface area contributed by atoms with Crippen LogP contribution in [0.25, 0.3) is 0 Å². The zero-order valence-electron chi connectivity index (χ0n) is 12.7. The van der Waals surface area contributed by atoms with Gasteiger partial charge in [-0.25, -0.2) is 0 Å². The lowest BCUT2D eigenvalue weighted by atomic mass is 9.91. The number of hydrogen-bond acceptors (Lipinski definition) is 3. The Kier molecular flexibility index (Phi) is 3.74. The minimum absolute atomic E-state index is 0.104. The van der Waals surface area contributed by atoms with Gasteiger partial charge in [0, 0.05) is 12.1 Å². The van der Waals surface area contributed by atoms with Crippen LogP contribution in [0, 0.1) is 19.8 Å². The molecule has 0 saturated carbocycles. The fraction of sp³-hybridized carbons (Fsp3) is 0.647. The topological polar surface area (TPSA) is 32.7 Å². The predicted octanol–water partition coefficient (Wildman–Crippen LogP) is 2.83. The van der Waals surface area contributed by atoms with Crippen LogP contribution in [-0.4, -0.2) is 35.7 Å². The van der Waals surface area contributed by atoms with E-state index >= 15 is 0 Å². The Hall–Kier alpha value is -1.06. The van der Waals surface area contributed by atoms with Gasteiger partial charge < -0.3 is 9.84 Å². The first-order chi connectivity index (χ1) is 9.58. The van der Waals surface area contributed by atoms with Crippen LogP contribution in [0.3, 0.4) is 0 Å². The molecule has 20 heavy (non-hydrogen) atoms. The highest BCUT2D eigenvalue weighted by atomic mass is 16.5. The van der Waals surface area contributed by atoms with E-state index in [0.29, 0.717) is 6.61 Å². The van der Waals surface area contributed by atoms with Gasteiger partial charge in [-0.2, -0.15) is 0 Å².